The Kier molecular flexibility index (Phi) is 7.05. The third-order valence-corrected chi connectivity index (χ3v) is 2.27. The third-order valence-electron chi connectivity index (χ3n) is 2.27. The van der Waals surface area contributed by atoms with Gasteiger partial charge in [-0.2, -0.15) is 0 Å². The number of carbonyl (C=O) groups is 1. The molecule has 0 amide bonds. The van der Waals surface area contributed by atoms with Crippen molar-refractivity contribution >= 4 is 5.78 Å². The first-order valence-corrected chi connectivity index (χ1v) is 5.74. The highest BCUT2D eigenvalue weighted by Crippen LogP contribution is 2.25. The van der Waals surface area contributed by atoms with Gasteiger partial charge in [-0.1, -0.05) is 26.5 Å². The van der Waals surface area contributed by atoms with Crippen LogP contribution in [0.4, 0.5) is 8.78 Å². The highest BCUT2D eigenvalue weighted by Gasteiger charge is 2.19. The maximum atomic E-state index is 13.2. The number of hydrogen-bond acceptors (Lipinski definition) is 2. The van der Waals surface area contributed by atoms with E-state index in [4.69, 9.17) is 0 Å². The summed E-state index contributed by atoms with van der Waals surface area (Å²) in [6.45, 7) is 8.71. The standard InChI is InChI=1S/C12H12F2O2.C2H6/c1-7(8(2)15)6-11(16)12-9(13)4-3-5-10(12)14;1-2/h3-5,11,16H,1,6H2,2H3;1-2H3. The van der Waals surface area contributed by atoms with Crippen LogP contribution in [-0.2, 0) is 4.79 Å². The lowest BCUT2D eigenvalue weighted by Crippen LogP contribution is -2.07. The molecule has 2 nitrogen and oxygen atoms in total. The maximum Gasteiger partial charge on any atom is 0.155 e. The number of rotatable bonds is 4. The Morgan fingerprint density at radius 3 is 2.17 bits per heavy atom. The molecule has 0 saturated heterocycles. The molecule has 0 fully saturated rings. The molecule has 100 valence electrons. The number of hydrogen-bond donors (Lipinski definition) is 1. The van der Waals surface area contributed by atoms with E-state index in [9.17, 15) is 18.7 Å². The zero-order valence-corrected chi connectivity index (χ0v) is 10.8. The monoisotopic (exact) mass is 256 g/mol. The summed E-state index contributed by atoms with van der Waals surface area (Å²) >= 11 is 0. The molecular formula is C14H18F2O2. The average Bonchev–Trinajstić information content (AvgIpc) is 2.31. The van der Waals surface area contributed by atoms with E-state index in [1.54, 1.807) is 0 Å². The molecule has 1 aromatic carbocycles. The van der Waals surface area contributed by atoms with Gasteiger partial charge >= 0.3 is 0 Å². The van der Waals surface area contributed by atoms with Gasteiger partial charge in [-0.15, -0.1) is 0 Å². The number of aliphatic hydroxyl groups excluding tert-OH is 1. The number of Topliss-reactive ketones (excluding diaryl/α,β-unsaturated/α-hetero) is 1. The van der Waals surface area contributed by atoms with E-state index in [1.807, 2.05) is 13.8 Å². The van der Waals surface area contributed by atoms with E-state index in [0.717, 1.165) is 12.1 Å². The number of aliphatic hydroxyl groups is 1. The van der Waals surface area contributed by atoms with Gasteiger partial charge in [0.25, 0.3) is 0 Å². The lowest BCUT2D eigenvalue weighted by molar-refractivity contribution is -0.114. The minimum atomic E-state index is -1.39. The second-order valence-electron chi connectivity index (χ2n) is 3.51. The van der Waals surface area contributed by atoms with Gasteiger partial charge in [0, 0.05) is 6.42 Å². The van der Waals surface area contributed by atoms with Gasteiger partial charge in [0.1, 0.15) is 11.6 Å². The third kappa shape index (κ3) is 4.37. The molecule has 0 bridgehead atoms. The molecule has 0 aliphatic heterocycles. The van der Waals surface area contributed by atoms with Crippen LogP contribution in [0.2, 0.25) is 0 Å². The summed E-state index contributed by atoms with van der Waals surface area (Å²) in [6.07, 6.45) is -1.56. The minimum absolute atomic E-state index is 0.134. The second kappa shape index (κ2) is 7.71. The first-order chi connectivity index (χ1) is 8.43. The molecule has 1 rings (SSSR count). The molecule has 0 aliphatic rings. The molecular weight excluding hydrogens is 238 g/mol. The lowest BCUT2D eigenvalue weighted by atomic mass is 9.99. The molecule has 1 atom stereocenters. The van der Waals surface area contributed by atoms with Crippen LogP contribution in [0.1, 0.15) is 38.9 Å². The summed E-state index contributed by atoms with van der Waals surface area (Å²) in [5, 5.41) is 9.61. The van der Waals surface area contributed by atoms with Crippen LogP contribution in [0.5, 0.6) is 0 Å². The van der Waals surface area contributed by atoms with Crippen molar-refractivity contribution in [1.82, 2.24) is 0 Å². The largest absolute Gasteiger partial charge is 0.388 e. The molecule has 18 heavy (non-hydrogen) atoms. The average molecular weight is 256 g/mol. The van der Waals surface area contributed by atoms with Crippen molar-refractivity contribution in [2.24, 2.45) is 0 Å². The topological polar surface area (TPSA) is 37.3 Å². The van der Waals surface area contributed by atoms with Crippen molar-refractivity contribution in [2.75, 3.05) is 0 Å². The Morgan fingerprint density at radius 2 is 1.78 bits per heavy atom. The molecule has 1 N–H and O–H groups in total. The van der Waals surface area contributed by atoms with E-state index in [2.05, 4.69) is 6.58 Å². The van der Waals surface area contributed by atoms with Crippen molar-refractivity contribution in [3.63, 3.8) is 0 Å². The predicted molar refractivity (Wildman–Crippen MR) is 67.1 cm³/mol. The molecule has 0 aromatic heterocycles. The van der Waals surface area contributed by atoms with Crippen molar-refractivity contribution in [3.8, 4) is 0 Å². The van der Waals surface area contributed by atoms with Crippen molar-refractivity contribution in [3.05, 3.63) is 47.5 Å². The molecule has 1 aromatic rings. The van der Waals surface area contributed by atoms with Crippen molar-refractivity contribution in [1.29, 1.82) is 0 Å². The molecule has 0 heterocycles. The van der Waals surface area contributed by atoms with Crippen LogP contribution in [-0.4, -0.2) is 10.9 Å². The number of halogens is 2. The summed E-state index contributed by atoms with van der Waals surface area (Å²) in [6, 6.07) is 3.32. The summed E-state index contributed by atoms with van der Waals surface area (Å²) < 4.78 is 26.5. The van der Waals surface area contributed by atoms with Gasteiger partial charge in [0.2, 0.25) is 0 Å². The minimum Gasteiger partial charge on any atom is -0.388 e. The quantitative estimate of drug-likeness (QED) is 0.836. The van der Waals surface area contributed by atoms with Gasteiger partial charge in [0.15, 0.2) is 5.78 Å². The van der Waals surface area contributed by atoms with Gasteiger partial charge in [-0.3, -0.25) is 4.79 Å². The van der Waals surface area contributed by atoms with Crippen LogP contribution in [0.15, 0.2) is 30.4 Å². The Bertz CT molecular complexity index is 408. The molecule has 4 heteroatoms. The first-order valence-electron chi connectivity index (χ1n) is 5.74. The van der Waals surface area contributed by atoms with Gasteiger partial charge in [-0.25, -0.2) is 8.78 Å². The van der Waals surface area contributed by atoms with Crippen LogP contribution in [0.3, 0.4) is 0 Å². The SMILES string of the molecule is C=C(CC(O)c1c(F)cccc1F)C(C)=O.CC. The fourth-order valence-corrected chi connectivity index (χ4v) is 1.31. The summed E-state index contributed by atoms with van der Waals surface area (Å²) in [7, 11) is 0. The maximum absolute atomic E-state index is 13.2. The summed E-state index contributed by atoms with van der Waals surface area (Å²) in [5.41, 5.74) is -0.292. The Labute approximate surface area is 106 Å². The van der Waals surface area contributed by atoms with Crippen LogP contribution >= 0.6 is 0 Å². The zero-order valence-electron chi connectivity index (χ0n) is 10.8. The Balaban J connectivity index is 0.00000137. The predicted octanol–water partition coefficient (Wildman–Crippen LogP) is 3.56. The van der Waals surface area contributed by atoms with Gasteiger partial charge in [0.05, 0.1) is 11.7 Å². The summed E-state index contributed by atoms with van der Waals surface area (Å²) in [5.74, 6) is -1.97. The molecule has 0 aliphatic carbocycles. The van der Waals surface area contributed by atoms with E-state index in [0.29, 0.717) is 0 Å². The van der Waals surface area contributed by atoms with E-state index in [-0.39, 0.29) is 17.8 Å². The lowest BCUT2D eigenvalue weighted by Gasteiger charge is -2.13. The van der Waals surface area contributed by atoms with E-state index < -0.39 is 23.3 Å². The highest BCUT2D eigenvalue weighted by atomic mass is 19.1. The molecule has 0 spiro atoms. The number of ketones is 1. The first kappa shape index (κ1) is 16.4. The molecule has 0 radical (unpaired) electrons. The number of carbonyl (C=O) groups excluding carboxylic acids is 1. The van der Waals surface area contributed by atoms with Crippen LogP contribution < -0.4 is 0 Å². The smallest absolute Gasteiger partial charge is 0.155 e. The molecule has 1 unspecified atom stereocenters. The van der Waals surface area contributed by atoms with Crippen molar-refractivity contribution < 1.29 is 18.7 Å². The van der Waals surface area contributed by atoms with Gasteiger partial charge < -0.3 is 5.11 Å². The second-order valence-corrected chi connectivity index (χ2v) is 3.51. The fraction of sp³-hybridized carbons (Fsp3) is 0.357. The van der Waals surface area contributed by atoms with E-state index >= 15 is 0 Å². The Morgan fingerprint density at radius 1 is 1.33 bits per heavy atom. The zero-order chi connectivity index (χ0) is 14.3. The van der Waals surface area contributed by atoms with Gasteiger partial charge in [-0.05, 0) is 24.6 Å². The Hall–Kier alpha value is -1.55. The van der Waals surface area contributed by atoms with Crippen LogP contribution in [0.25, 0.3) is 0 Å². The molecule has 0 saturated carbocycles. The van der Waals surface area contributed by atoms with Crippen molar-refractivity contribution in [2.45, 2.75) is 33.3 Å². The van der Waals surface area contributed by atoms with E-state index in [1.165, 1.54) is 13.0 Å². The van der Waals surface area contributed by atoms with Crippen LogP contribution in [0, 0.1) is 11.6 Å². The normalized spacial score (nSPS) is 11.2. The number of benzene rings is 1. The fourth-order valence-electron chi connectivity index (χ4n) is 1.31. The highest BCUT2D eigenvalue weighted by molar-refractivity contribution is 5.92. The summed E-state index contributed by atoms with van der Waals surface area (Å²) in [4.78, 5) is 10.9.